The summed E-state index contributed by atoms with van der Waals surface area (Å²) in [5.74, 6) is -4.09. The Kier molecular flexibility index (Phi) is 6.99. The van der Waals surface area contributed by atoms with Crippen molar-refractivity contribution in [3.63, 3.8) is 0 Å². The van der Waals surface area contributed by atoms with Crippen LogP contribution in [0.5, 0.6) is 0 Å². The molecule has 1 saturated heterocycles. The summed E-state index contributed by atoms with van der Waals surface area (Å²) in [4.78, 5) is 37.2. The predicted molar refractivity (Wildman–Crippen MR) is 101 cm³/mol. The Morgan fingerprint density at radius 2 is 2.11 bits per heavy atom. The summed E-state index contributed by atoms with van der Waals surface area (Å²) in [6, 6.07) is 5.59. The minimum atomic E-state index is -1.54. The maximum absolute atomic E-state index is 13.4. The Morgan fingerprint density at radius 3 is 2.68 bits per heavy atom. The van der Waals surface area contributed by atoms with Gasteiger partial charge < -0.3 is 16.6 Å². The molecule has 8 nitrogen and oxygen atoms in total. The monoisotopic (exact) mass is 408 g/mol. The first kappa shape index (κ1) is 21.7. The van der Waals surface area contributed by atoms with Crippen LogP contribution in [0.25, 0.3) is 0 Å². The Bertz CT molecular complexity index is 828. The number of rotatable bonds is 9. The largest absolute Gasteiger partial charge is 0.480 e. The van der Waals surface area contributed by atoms with Gasteiger partial charge in [-0.1, -0.05) is 6.07 Å². The molecule has 28 heavy (non-hydrogen) atoms. The van der Waals surface area contributed by atoms with Crippen LogP contribution in [0, 0.1) is 23.1 Å². The predicted octanol–water partition coefficient (Wildman–Crippen LogP) is 0.702. The summed E-state index contributed by atoms with van der Waals surface area (Å²) in [5.41, 5.74) is 9.77. The highest BCUT2D eigenvalue weighted by Gasteiger charge is 2.55. The smallest absolute Gasteiger partial charge is 0.325 e. The van der Waals surface area contributed by atoms with Crippen LogP contribution in [-0.2, 0) is 15.3 Å². The van der Waals surface area contributed by atoms with E-state index in [9.17, 15) is 23.9 Å². The van der Waals surface area contributed by atoms with E-state index in [2.05, 4.69) is 0 Å². The number of nitrogens with two attached hydrogens (primary N) is 2. The third-order valence-corrected chi connectivity index (χ3v) is 6.07. The number of thioether (sulfide) groups is 1. The number of carboxylic acid groups (broad SMARTS) is 1. The molecule has 150 valence electrons. The van der Waals surface area contributed by atoms with E-state index in [0.29, 0.717) is 18.5 Å². The lowest BCUT2D eigenvalue weighted by Gasteiger charge is -2.38. The summed E-state index contributed by atoms with van der Waals surface area (Å²) in [5, 5.41) is 18.9. The van der Waals surface area contributed by atoms with E-state index in [4.69, 9.17) is 16.7 Å². The number of nitrogens with zero attached hydrogens (tertiary/aromatic N) is 2. The van der Waals surface area contributed by atoms with Gasteiger partial charge in [-0.15, -0.1) is 0 Å². The lowest BCUT2D eigenvalue weighted by molar-refractivity contribution is -0.155. The number of carbonyl (C=O) groups excluding carboxylic acids is 2. The topological polar surface area (TPSA) is 151 Å². The highest BCUT2D eigenvalue weighted by molar-refractivity contribution is 7.98. The molecule has 2 amide bonds. The van der Waals surface area contributed by atoms with Gasteiger partial charge in [0.1, 0.15) is 11.4 Å². The summed E-state index contributed by atoms with van der Waals surface area (Å²) < 4.78 is 13.4. The van der Waals surface area contributed by atoms with Gasteiger partial charge in [0.2, 0.25) is 11.8 Å². The van der Waals surface area contributed by atoms with Crippen LogP contribution in [0.2, 0.25) is 0 Å². The lowest BCUT2D eigenvalue weighted by atomic mass is 9.82. The minimum absolute atomic E-state index is 0.0306. The molecule has 0 aromatic heterocycles. The number of hydrogen-bond donors (Lipinski definition) is 3. The lowest BCUT2D eigenvalue weighted by Crippen LogP contribution is -2.60. The number of amides is 2. The molecule has 2 atom stereocenters. The molecule has 1 aromatic carbocycles. The van der Waals surface area contributed by atoms with Gasteiger partial charge in [0, 0.05) is 23.6 Å². The molecule has 0 aliphatic carbocycles. The molecule has 0 radical (unpaired) electrons. The van der Waals surface area contributed by atoms with Gasteiger partial charge in [-0.3, -0.25) is 19.3 Å². The van der Waals surface area contributed by atoms with Crippen molar-refractivity contribution in [2.75, 3.05) is 18.8 Å². The van der Waals surface area contributed by atoms with Crippen molar-refractivity contribution in [2.45, 2.75) is 24.1 Å². The molecular weight excluding hydrogens is 387 g/mol. The highest BCUT2D eigenvalue weighted by Crippen LogP contribution is 2.38. The maximum atomic E-state index is 13.4. The number of aliphatic carboxylic acids is 1. The summed E-state index contributed by atoms with van der Waals surface area (Å²) in [6.07, 6.45) is 0.744. The summed E-state index contributed by atoms with van der Waals surface area (Å²) in [6.45, 7) is 0.266. The van der Waals surface area contributed by atoms with Crippen LogP contribution in [0.4, 0.5) is 4.39 Å². The number of carboxylic acids is 1. The van der Waals surface area contributed by atoms with E-state index in [1.165, 1.54) is 28.8 Å². The van der Waals surface area contributed by atoms with Crippen molar-refractivity contribution in [2.24, 2.45) is 17.4 Å². The molecule has 1 aromatic rings. The van der Waals surface area contributed by atoms with Crippen LogP contribution < -0.4 is 11.5 Å². The molecule has 2 unspecified atom stereocenters. The van der Waals surface area contributed by atoms with Crippen LogP contribution in [0.3, 0.4) is 0 Å². The number of nitriles is 1. The van der Waals surface area contributed by atoms with Crippen molar-refractivity contribution < 1.29 is 23.9 Å². The first-order valence-electron chi connectivity index (χ1n) is 8.54. The second-order valence-corrected chi connectivity index (χ2v) is 7.58. The van der Waals surface area contributed by atoms with Crippen LogP contribution in [0.1, 0.15) is 28.8 Å². The second-order valence-electron chi connectivity index (χ2n) is 6.55. The SMILES string of the molecule is N#CCN1CCCC1(C(=O)O)C(CSCc1ccc(F)cc1C(N)=O)C(N)=O. The average Bonchev–Trinajstić information content (AvgIpc) is 3.04. The molecular formula is C18H21FN4O4S. The van der Waals surface area contributed by atoms with Crippen LogP contribution >= 0.6 is 11.8 Å². The third kappa shape index (κ3) is 4.26. The standard InChI is InChI=1S/C18H21FN4O4S/c19-12-3-2-11(13(8-12)15(21)24)9-28-10-14(16(22)25)18(17(26)27)4-1-6-23(18)7-5-20/h2-3,8,14H,1,4,6-7,9-10H2,(H2,21,24)(H2,22,25)(H,26,27). The zero-order valence-corrected chi connectivity index (χ0v) is 15.9. The van der Waals surface area contributed by atoms with Crippen molar-refractivity contribution in [1.82, 2.24) is 4.90 Å². The van der Waals surface area contributed by atoms with E-state index < -0.39 is 35.1 Å². The first-order valence-corrected chi connectivity index (χ1v) is 9.70. The number of hydrogen-bond acceptors (Lipinski definition) is 6. The number of carbonyl (C=O) groups is 3. The van der Waals surface area contributed by atoms with E-state index in [1.54, 1.807) is 0 Å². The Morgan fingerprint density at radius 1 is 1.39 bits per heavy atom. The van der Waals surface area contributed by atoms with E-state index in [-0.39, 0.29) is 30.0 Å². The van der Waals surface area contributed by atoms with Crippen LogP contribution in [-0.4, -0.2) is 52.2 Å². The van der Waals surface area contributed by atoms with E-state index in [1.807, 2.05) is 6.07 Å². The zero-order valence-electron chi connectivity index (χ0n) is 15.1. The van der Waals surface area contributed by atoms with Gasteiger partial charge in [0.15, 0.2) is 0 Å². The quantitative estimate of drug-likeness (QED) is 0.509. The van der Waals surface area contributed by atoms with Crippen molar-refractivity contribution in [1.29, 1.82) is 5.26 Å². The van der Waals surface area contributed by atoms with Gasteiger partial charge in [0.25, 0.3) is 0 Å². The van der Waals surface area contributed by atoms with Gasteiger partial charge in [-0.2, -0.15) is 17.0 Å². The fourth-order valence-corrected chi connectivity index (χ4v) is 4.90. The number of likely N-dealkylation sites (tertiary alicyclic amines) is 1. The number of primary amides is 2. The molecule has 1 aliphatic heterocycles. The normalized spacial score (nSPS) is 20.4. The van der Waals surface area contributed by atoms with E-state index >= 15 is 0 Å². The number of benzene rings is 1. The highest BCUT2D eigenvalue weighted by atomic mass is 32.2. The maximum Gasteiger partial charge on any atom is 0.325 e. The Balaban J connectivity index is 2.22. The fraction of sp³-hybridized carbons (Fsp3) is 0.444. The summed E-state index contributed by atoms with van der Waals surface area (Å²) >= 11 is 1.20. The third-order valence-electron chi connectivity index (χ3n) is 4.98. The molecule has 10 heteroatoms. The van der Waals surface area contributed by atoms with Gasteiger partial charge in [-0.25, -0.2) is 4.39 Å². The molecule has 5 N–H and O–H groups in total. The molecule has 0 bridgehead atoms. The minimum Gasteiger partial charge on any atom is -0.480 e. The van der Waals surface area contributed by atoms with Crippen molar-refractivity contribution >= 4 is 29.5 Å². The van der Waals surface area contributed by atoms with Gasteiger partial charge >= 0.3 is 5.97 Å². The summed E-state index contributed by atoms with van der Waals surface area (Å²) in [7, 11) is 0. The first-order chi connectivity index (χ1) is 13.2. The molecule has 1 fully saturated rings. The average molecular weight is 408 g/mol. The molecule has 0 saturated carbocycles. The Labute approximate surface area is 165 Å². The zero-order chi connectivity index (χ0) is 20.9. The molecule has 1 heterocycles. The Hall–Kier alpha value is -2.64. The number of halogens is 1. The molecule has 2 rings (SSSR count). The van der Waals surface area contributed by atoms with E-state index in [0.717, 1.165) is 6.07 Å². The fourth-order valence-electron chi connectivity index (χ4n) is 3.63. The van der Waals surface area contributed by atoms with Gasteiger partial charge in [-0.05, 0) is 30.5 Å². The second kappa shape index (κ2) is 9.03. The van der Waals surface area contributed by atoms with Crippen molar-refractivity contribution in [3.05, 3.63) is 35.1 Å². The van der Waals surface area contributed by atoms with Crippen LogP contribution in [0.15, 0.2) is 18.2 Å². The van der Waals surface area contributed by atoms with Crippen molar-refractivity contribution in [3.8, 4) is 6.07 Å². The molecule has 0 spiro atoms. The molecule has 1 aliphatic rings. The van der Waals surface area contributed by atoms with Gasteiger partial charge in [0.05, 0.1) is 18.5 Å².